The molecule has 0 aliphatic carbocycles. The van der Waals surface area contributed by atoms with Crippen LogP contribution in [0.5, 0.6) is 0 Å². The number of thiazole rings is 1. The van der Waals surface area contributed by atoms with Crippen molar-refractivity contribution >= 4 is 58.0 Å². The highest BCUT2D eigenvalue weighted by molar-refractivity contribution is 8.00. The van der Waals surface area contributed by atoms with Crippen molar-refractivity contribution < 1.29 is 28.8 Å². The van der Waals surface area contributed by atoms with Gasteiger partial charge >= 0.3 is 5.97 Å². The van der Waals surface area contributed by atoms with Gasteiger partial charge in [0.15, 0.2) is 16.9 Å². The van der Waals surface area contributed by atoms with Crippen molar-refractivity contribution in [3.63, 3.8) is 0 Å². The molecule has 11 nitrogen and oxygen atoms in total. The van der Waals surface area contributed by atoms with Gasteiger partial charge in [0, 0.05) is 17.6 Å². The van der Waals surface area contributed by atoms with Crippen LogP contribution in [-0.2, 0) is 34.3 Å². The third kappa shape index (κ3) is 8.25. The average Bonchev–Trinajstić information content (AvgIpc) is 3.78. The maximum absolute atomic E-state index is 14.1. The van der Waals surface area contributed by atoms with Gasteiger partial charge < -0.3 is 25.0 Å². The van der Waals surface area contributed by atoms with Gasteiger partial charge in [0.25, 0.3) is 11.8 Å². The highest BCUT2D eigenvalue weighted by Gasteiger charge is 2.55. The van der Waals surface area contributed by atoms with Gasteiger partial charge in [-0.1, -0.05) is 163 Å². The van der Waals surface area contributed by atoms with E-state index in [1.165, 1.54) is 28.0 Å². The Kier molecular flexibility index (Phi) is 12.3. The number of oxime groups is 1. The summed E-state index contributed by atoms with van der Waals surface area (Å²) >= 11 is 2.61. The highest BCUT2D eigenvalue weighted by atomic mass is 32.2. The predicted octanol–water partition coefficient (Wildman–Crippen LogP) is 7.99. The lowest BCUT2D eigenvalue weighted by atomic mass is 9.77. The summed E-state index contributed by atoms with van der Waals surface area (Å²) in [4.78, 5) is 65.4. The lowest BCUT2D eigenvalue weighted by Gasteiger charge is -2.49. The van der Waals surface area contributed by atoms with Crippen molar-refractivity contribution in [3.05, 3.63) is 215 Å². The molecule has 2 aliphatic rings. The van der Waals surface area contributed by atoms with Crippen molar-refractivity contribution in [1.82, 2.24) is 15.2 Å². The number of esters is 1. The molecule has 2 atom stereocenters. The molecule has 1 saturated heterocycles. The van der Waals surface area contributed by atoms with Crippen LogP contribution in [0.25, 0.3) is 0 Å². The molecule has 304 valence electrons. The van der Waals surface area contributed by atoms with Crippen LogP contribution < -0.4 is 10.6 Å². The van der Waals surface area contributed by atoms with Gasteiger partial charge in [-0.25, -0.2) is 9.78 Å². The largest absolute Gasteiger partial charge is 0.448 e. The number of amides is 2. The number of aldehydes is 1. The Balaban J connectivity index is 1.05. The lowest BCUT2D eigenvalue weighted by molar-refractivity contribution is -0.154. The Morgan fingerprint density at radius 1 is 0.836 bits per heavy atom. The van der Waals surface area contributed by atoms with E-state index in [0.29, 0.717) is 17.0 Å². The molecule has 1 fully saturated rings. The van der Waals surface area contributed by atoms with Crippen molar-refractivity contribution in [3.8, 4) is 0 Å². The molecule has 1 aromatic heterocycles. The minimum Gasteiger partial charge on any atom is -0.448 e. The van der Waals surface area contributed by atoms with Gasteiger partial charge in [-0.05, 0) is 33.4 Å². The second-order valence-corrected chi connectivity index (χ2v) is 16.0. The van der Waals surface area contributed by atoms with Crippen LogP contribution >= 0.6 is 23.1 Å². The molecule has 2 unspecified atom stereocenters. The third-order valence-electron chi connectivity index (χ3n) is 10.4. The molecular weight excluding hydrogens is 807 g/mol. The molecule has 13 heteroatoms. The molecule has 5 aromatic carbocycles. The number of benzene rings is 5. The molecule has 6 aromatic rings. The minimum absolute atomic E-state index is 0.000964. The fourth-order valence-corrected chi connectivity index (χ4v) is 9.67. The van der Waals surface area contributed by atoms with E-state index in [1.54, 1.807) is 5.38 Å². The normalized spacial score (nSPS) is 16.2. The Morgan fingerprint density at radius 2 is 1.36 bits per heavy atom. The number of rotatable bonds is 16. The summed E-state index contributed by atoms with van der Waals surface area (Å²) in [5, 5.41) is 12.1. The maximum Gasteiger partial charge on any atom is 0.356 e. The monoisotopic (exact) mass is 845 g/mol. The summed E-state index contributed by atoms with van der Waals surface area (Å²) in [6, 6.07) is 47.6. The van der Waals surface area contributed by atoms with Crippen molar-refractivity contribution in [2.75, 3.05) is 11.1 Å². The summed E-state index contributed by atoms with van der Waals surface area (Å²) < 4.78 is 6.16. The number of hydrogen-bond acceptors (Lipinski definition) is 11. The number of aromatic nitrogens is 1. The molecule has 0 spiro atoms. The zero-order valence-corrected chi connectivity index (χ0v) is 34.3. The SMILES string of the molecule is C=CO/N=C(/C(=O)NC1C(=O)N2C(C(=O)OC(c3ccccc3)c3ccccc3)=C(CC=O)CSC12)c1csc(NC(c2ccccc2)(c2ccccc2)c2ccccc2)n1. The zero-order chi connectivity index (χ0) is 42.2. The number of β-lactam (4-membered cyclic amide) rings is 1. The van der Waals surface area contributed by atoms with E-state index >= 15 is 0 Å². The first-order valence-electron chi connectivity index (χ1n) is 19.4. The lowest BCUT2D eigenvalue weighted by Crippen LogP contribution is -2.71. The van der Waals surface area contributed by atoms with E-state index in [4.69, 9.17) is 14.6 Å². The van der Waals surface area contributed by atoms with Crippen LogP contribution in [0.15, 0.2) is 186 Å². The quantitative estimate of drug-likeness (QED) is 0.0189. The number of carbonyl (C=O) groups excluding carboxylic acids is 4. The molecule has 2 aliphatic heterocycles. The number of nitrogens with one attached hydrogen (secondary N) is 2. The summed E-state index contributed by atoms with van der Waals surface area (Å²) in [5.74, 6) is -1.75. The summed E-state index contributed by atoms with van der Waals surface area (Å²) in [6.45, 7) is 3.57. The Labute approximate surface area is 360 Å². The van der Waals surface area contributed by atoms with E-state index in [2.05, 4.69) is 58.8 Å². The van der Waals surface area contributed by atoms with E-state index < -0.39 is 40.8 Å². The summed E-state index contributed by atoms with van der Waals surface area (Å²) in [7, 11) is 0. The van der Waals surface area contributed by atoms with E-state index in [9.17, 15) is 19.2 Å². The van der Waals surface area contributed by atoms with E-state index in [-0.39, 0.29) is 29.3 Å². The first kappa shape index (κ1) is 40.7. The van der Waals surface area contributed by atoms with E-state index in [0.717, 1.165) is 34.1 Å². The van der Waals surface area contributed by atoms with Crippen molar-refractivity contribution in [2.24, 2.45) is 5.16 Å². The standard InChI is InChI=1S/C48H39N5O6S2/c1-2-58-52-39(38-31-61-47(49-38)51-48(35-22-12-5-13-23-35,36-24-14-6-15-25-36)37-26-16-7-17-27-37)43(55)50-40-44(56)53-41(34(28-29-54)30-60-45(40)53)46(57)59-42(32-18-8-3-9-19-32)33-20-10-4-11-21-33/h2-27,29,31,40,42,45H,1,28,30H2,(H,49,51)(H,50,55)/b52-39+. The van der Waals surface area contributed by atoms with Crippen LogP contribution in [0.1, 0.15) is 46.0 Å². The summed E-state index contributed by atoms with van der Waals surface area (Å²) in [5.41, 5.74) is 3.96. The molecular formula is C48H39N5O6S2. The van der Waals surface area contributed by atoms with Gasteiger partial charge in [-0.3, -0.25) is 14.5 Å². The molecule has 2 N–H and O–H groups in total. The number of nitrogens with zero attached hydrogens (tertiary/aromatic N) is 3. The van der Waals surface area contributed by atoms with Crippen LogP contribution in [0.4, 0.5) is 5.13 Å². The number of carbonyl (C=O) groups is 4. The number of fused-ring (bicyclic) bond motifs is 1. The van der Waals surface area contributed by atoms with Gasteiger partial charge in [0.1, 0.15) is 40.9 Å². The molecule has 0 saturated carbocycles. The highest BCUT2D eigenvalue weighted by Crippen LogP contribution is 2.43. The maximum atomic E-state index is 14.1. The first-order chi connectivity index (χ1) is 29.9. The smallest absolute Gasteiger partial charge is 0.356 e. The van der Waals surface area contributed by atoms with Crippen LogP contribution in [0.2, 0.25) is 0 Å². The van der Waals surface area contributed by atoms with Gasteiger partial charge in [0.05, 0.1) is 0 Å². The Hall–Kier alpha value is -7.09. The molecule has 0 bridgehead atoms. The first-order valence-corrected chi connectivity index (χ1v) is 21.3. The predicted molar refractivity (Wildman–Crippen MR) is 236 cm³/mol. The van der Waals surface area contributed by atoms with Crippen molar-refractivity contribution in [1.29, 1.82) is 0 Å². The number of ether oxygens (including phenoxy) is 1. The molecule has 0 radical (unpaired) electrons. The molecule has 61 heavy (non-hydrogen) atoms. The fraction of sp³-hybridized carbons (Fsp3) is 0.125. The topological polar surface area (TPSA) is 139 Å². The van der Waals surface area contributed by atoms with Crippen LogP contribution in [0.3, 0.4) is 0 Å². The minimum atomic E-state index is -1.04. The Bertz CT molecular complexity index is 2450. The number of anilines is 1. The number of hydrogen-bond donors (Lipinski definition) is 2. The second-order valence-electron chi connectivity index (χ2n) is 14.0. The van der Waals surface area contributed by atoms with Gasteiger partial charge in [-0.2, -0.15) is 0 Å². The van der Waals surface area contributed by atoms with Crippen LogP contribution in [-0.4, -0.2) is 56.8 Å². The van der Waals surface area contributed by atoms with Crippen LogP contribution in [0, 0.1) is 0 Å². The summed E-state index contributed by atoms with van der Waals surface area (Å²) in [6.07, 6.45) is 0.927. The fourth-order valence-electron chi connectivity index (χ4n) is 7.56. The Morgan fingerprint density at radius 3 is 1.87 bits per heavy atom. The second kappa shape index (κ2) is 18.4. The molecule has 8 rings (SSSR count). The van der Waals surface area contributed by atoms with Gasteiger partial charge in [-0.15, -0.1) is 23.1 Å². The zero-order valence-electron chi connectivity index (χ0n) is 32.6. The molecule has 3 heterocycles. The average molecular weight is 846 g/mol. The van der Waals surface area contributed by atoms with Gasteiger partial charge in [0.2, 0.25) is 0 Å². The van der Waals surface area contributed by atoms with E-state index in [1.807, 2.05) is 115 Å². The van der Waals surface area contributed by atoms with Crippen molar-refractivity contribution in [2.45, 2.75) is 29.5 Å². The number of thioether (sulfide) groups is 1. The molecule has 2 amide bonds. The third-order valence-corrected chi connectivity index (χ3v) is 12.5.